The standard InChI is InChI=1S/C16H16ClNO3/c1-20-13-6-7-14(15(10-13)21-2)18-16(19)9-11-4-3-5-12(17)8-11/h3-8,10H,9H2,1-2H3,(H,18,19). The van der Waals surface area contributed by atoms with E-state index in [1.807, 2.05) is 12.1 Å². The number of amides is 1. The molecular formula is C16H16ClNO3. The number of anilines is 1. The van der Waals surface area contributed by atoms with Crippen LogP contribution in [0, 0.1) is 0 Å². The molecule has 0 spiro atoms. The van der Waals surface area contributed by atoms with Crippen LogP contribution in [0.5, 0.6) is 11.5 Å². The van der Waals surface area contributed by atoms with Gasteiger partial charge in [0.2, 0.25) is 5.91 Å². The van der Waals surface area contributed by atoms with E-state index in [0.717, 1.165) is 5.56 Å². The van der Waals surface area contributed by atoms with Crippen molar-refractivity contribution >= 4 is 23.2 Å². The van der Waals surface area contributed by atoms with Crippen LogP contribution in [0.25, 0.3) is 0 Å². The van der Waals surface area contributed by atoms with E-state index in [2.05, 4.69) is 5.32 Å². The number of carbonyl (C=O) groups is 1. The van der Waals surface area contributed by atoms with Gasteiger partial charge in [0.05, 0.1) is 26.3 Å². The SMILES string of the molecule is COc1ccc(NC(=O)Cc2cccc(Cl)c2)c(OC)c1. The fourth-order valence-corrected chi connectivity index (χ4v) is 2.14. The van der Waals surface area contributed by atoms with Gasteiger partial charge in [0.25, 0.3) is 0 Å². The Balaban J connectivity index is 2.09. The second kappa shape index (κ2) is 6.99. The first kappa shape index (κ1) is 15.2. The van der Waals surface area contributed by atoms with Crippen molar-refractivity contribution in [3.8, 4) is 11.5 Å². The summed E-state index contributed by atoms with van der Waals surface area (Å²) in [5, 5.41) is 3.43. The van der Waals surface area contributed by atoms with Gasteiger partial charge in [-0.1, -0.05) is 23.7 Å². The van der Waals surface area contributed by atoms with Crippen LogP contribution in [0.3, 0.4) is 0 Å². The van der Waals surface area contributed by atoms with Gasteiger partial charge in [-0.25, -0.2) is 0 Å². The maximum absolute atomic E-state index is 12.1. The quantitative estimate of drug-likeness (QED) is 0.919. The fraction of sp³-hybridized carbons (Fsp3) is 0.188. The molecule has 0 saturated heterocycles. The summed E-state index contributed by atoms with van der Waals surface area (Å²) in [5.41, 5.74) is 1.46. The molecule has 0 aliphatic heterocycles. The number of rotatable bonds is 5. The fourth-order valence-electron chi connectivity index (χ4n) is 1.93. The molecule has 4 nitrogen and oxygen atoms in total. The van der Waals surface area contributed by atoms with Gasteiger partial charge in [-0.3, -0.25) is 4.79 Å². The molecule has 0 heterocycles. The van der Waals surface area contributed by atoms with E-state index in [9.17, 15) is 4.79 Å². The average molecular weight is 306 g/mol. The molecule has 2 aromatic carbocycles. The smallest absolute Gasteiger partial charge is 0.228 e. The van der Waals surface area contributed by atoms with Gasteiger partial charge in [-0.05, 0) is 29.8 Å². The number of ether oxygens (including phenoxy) is 2. The van der Waals surface area contributed by atoms with Gasteiger partial charge >= 0.3 is 0 Å². The lowest BCUT2D eigenvalue weighted by Crippen LogP contribution is -2.15. The summed E-state index contributed by atoms with van der Waals surface area (Å²) in [6.45, 7) is 0. The van der Waals surface area contributed by atoms with E-state index < -0.39 is 0 Å². The third-order valence-corrected chi connectivity index (χ3v) is 3.17. The minimum Gasteiger partial charge on any atom is -0.497 e. The summed E-state index contributed by atoms with van der Waals surface area (Å²) in [6.07, 6.45) is 0.246. The molecule has 0 aromatic heterocycles. The monoisotopic (exact) mass is 305 g/mol. The van der Waals surface area contributed by atoms with Crippen molar-refractivity contribution in [1.29, 1.82) is 0 Å². The highest BCUT2D eigenvalue weighted by Crippen LogP contribution is 2.29. The zero-order valence-corrected chi connectivity index (χ0v) is 12.6. The lowest BCUT2D eigenvalue weighted by molar-refractivity contribution is -0.115. The molecule has 0 radical (unpaired) electrons. The summed E-state index contributed by atoms with van der Waals surface area (Å²) < 4.78 is 10.4. The molecule has 110 valence electrons. The lowest BCUT2D eigenvalue weighted by Gasteiger charge is -2.11. The van der Waals surface area contributed by atoms with E-state index in [-0.39, 0.29) is 12.3 Å². The molecule has 0 unspecified atom stereocenters. The topological polar surface area (TPSA) is 47.6 Å². The van der Waals surface area contributed by atoms with Crippen LogP contribution in [0.1, 0.15) is 5.56 Å². The van der Waals surface area contributed by atoms with Crippen molar-refractivity contribution in [3.05, 3.63) is 53.1 Å². The van der Waals surface area contributed by atoms with Crippen LogP contribution in [0.2, 0.25) is 5.02 Å². The summed E-state index contributed by atoms with van der Waals surface area (Å²) in [4.78, 5) is 12.1. The summed E-state index contributed by atoms with van der Waals surface area (Å²) in [6, 6.07) is 12.4. The Labute approximate surface area is 128 Å². The molecule has 2 rings (SSSR count). The number of halogens is 1. The Kier molecular flexibility index (Phi) is 5.06. The Morgan fingerprint density at radius 3 is 2.62 bits per heavy atom. The first-order valence-corrected chi connectivity index (χ1v) is 6.76. The number of hydrogen-bond donors (Lipinski definition) is 1. The van der Waals surface area contributed by atoms with E-state index in [0.29, 0.717) is 22.2 Å². The molecule has 5 heteroatoms. The van der Waals surface area contributed by atoms with E-state index in [1.165, 1.54) is 0 Å². The molecule has 0 saturated carbocycles. The summed E-state index contributed by atoms with van der Waals surface area (Å²) >= 11 is 5.90. The zero-order chi connectivity index (χ0) is 15.2. The maximum Gasteiger partial charge on any atom is 0.228 e. The van der Waals surface area contributed by atoms with Crippen molar-refractivity contribution in [3.63, 3.8) is 0 Å². The summed E-state index contributed by atoms with van der Waals surface area (Å²) in [5.74, 6) is 1.08. The van der Waals surface area contributed by atoms with Crippen LogP contribution in [0.4, 0.5) is 5.69 Å². The van der Waals surface area contributed by atoms with Crippen molar-refractivity contribution < 1.29 is 14.3 Å². The first-order valence-electron chi connectivity index (χ1n) is 6.38. The third-order valence-electron chi connectivity index (χ3n) is 2.94. The molecule has 1 N–H and O–H groups in total. The highest BCUT2D eigenvalue weighted by Gasteiger charge is 2.09. The van der Waals surface area contributed by atoms with Gasteiger partial charge in [-0.2, -0.15) is 0 Å². The molecule has 0 aliphatic carbocycles. The third kappa shape index (κ3) is 4.13. The highest BCUT2D eigenvalue weighted by molar-refractivity contribution is 6.30. The predicted octanol–water partition coefficient (Wildman–Crippen LogP) is 3.54. The number of nitrogens with one attached hydrogen (secondary N) is 1. The van der Waals surface area contributed by atoms with Crippen LogP contribution in [-0.4, -0.2) is 20.1 Å². The van der Waals surface area contributed by atoms with Crippen LogP contribution in [0.15, 0.2) is 42.5 Å². The van der Waals surface area contributed by atoms with Crippen molar-refractivity contribution in [1.82, 2.24) is 0 Å². The maximum atomic E-state index is 12.1. The van der Waals surface area contributed by atoms with Gasteiger partial charge < -0.3 is 14.8 Å². The first-order chi connectivity index (χ1) is 10.1. The minimum absolute atomic E-state index is 0.138. The van der Waals surface area contributed by atoms with Crippen LogP contribution >= 0.6 is 11.6 Å². The van der Waals surface area contributed by atoms with E-state index in [1.54, 1.807) is 44.6 Å². The number of benzene rings is 2. The van der Waals surface area contributed by atoms with Gasteiger partial charge in [0, 0.05) is 11.1 Å². The number of hydrogen-bond acceptors (Lipinski definition) is 3. The van der Waals surface area contributed by atoms with Gasteiger partial charge in [0.15, 0.2) is 0 Å². The van der Waals surface area contributed by atoms with E-state index in [4.69, 9.17) is 21.1 Å². The molecule has 2 aromatic rings. The molecule has 0 atom stereocenters. The Morgan fingerprint density at radius 1 is 1.14 bits per heavy atom. The predicted molar refractivity (Wildman–Crippen MR) is 83.3 cm³/mol. The molecular weight excluding hydrogens is 290 g/mol. The Bertz CT molecular complexity index is 643. The molecule has 0 aliphatic rings. The largest absolute Gasteiger partial charge is 0.497 e. The Morgan fingerprint density at radius 2 is 1.95 bits per heavy atom. The van der Waals surface area contributed by atoms with Gasteiger partial charge in [-0.15, -0.1) is 0 Å². The summed E-state index contributed by atoms with van der Waals surface area (Å²) in [7, 11) is 3.12. The van der Waals surface area contributed by atoms with Crippen LogP contribution < -0.4 is 14.8 Å². The molecule has 0 bridgehead atoms. The molecule has 21 heavy (non-hydrogen) atoms. The van der Waals surface area contributed by atoms with Crippen molar-refractivity contribution in [2.75, 3.05) is 19.5 Å². The van der Waals surface area contributed by atoms with Crippen molar-refractivity contribution in [2.24, 2.45) is 0 Å². The minimum atomic E-state index is -0.138. The average Bonchev–Trinajstić information content (AvgIpc) is 2.47. The van der Waals surface area contributed by atoms with Crippen molar-refractivity contribution in [2.45, 2.75) is 6.42 Å². The second-order valence-corrected chi connectivity index (χ2v) is 4.86. The normalized spacial score (nSPS) is 10.0. The molecule has 0 fully saturated rings. The van der Waals surface area contributed by atoms with Crippen LogP contribution in [-0.2, 0) is 11.2 Å². The lowest BCUT2D eigenvalue weighted by atomic mass is 10.1. The number of carbonyl (C=O) groups excluding carboxylic acids is 1. The molecule has 1 amide bonds. The number of methoxy groups -OCH3 is 2. The van der Waals surface area contributed by atoms with E-state index >= 15 is 0 Å². The zero-order valence-electron chi connectivity index (χ0n) is 11.9. The highest BCUT2D eigenvalue weighted by atomic mass is 35.5. The van der Waals surface area contributed by atoms with Gasteiger partial charge in [0.1, 0.15) is 11.5 Å². The Hall–Kier alpha value is -2.20. The second-order valence-electron chi connectivity index (χ2n) is 4.42.